The Morgan fingerprint density at radius 2 is 2.24 bits per heavy atom. The number of benzene rings is 1. The molecule has 0 radical (unpaired) electrons. The Bertz CT molecular complexity index is 765. The van der Waals surface area contributed by atoms with Gasteiger partial charge in [-0.15, -0.1) is 0 Å². The van der Waals surface area contributed by atoms with E-state index < -0.39 is 0 Å². The molecule has 4 rings (SSSR count). The van der Waals surface area contributed by atoms with Gasteiger partial charge in [0.1, 0.15) is 12.4 Å². The third-order valence-corrected chi connectivity index (χ3v) is 4.47. The van der Waals surface area contributed by atoms with Crippen LogP contribution in [0, 0.1) is 0 Å². The Balaban J connectivity index is 1.93. The van der Waals surface area contributed by atoms with Crippen molar-refractivity contribution in [3.05, 3.63) is 51.9 Å². The molecular weight excluding hydrogens is 332 g/mol. The van der Waals surface area contributed by atoms with Gasteiger partial charge in [-0.3, -0.25) is 4.79 Å². The number of allylic oxidation sites excluding steroid dienone is 2. The van der Waals surface area contributed by atoms with E-state index in [4.69, 9.17) is 0 Å². The number of carbonyl (C=O) groups is 1. The molecule has 6 heteroatoms. The summed E-state index contributed by atoms with van der Waals surface area (Å²) in [6.45, 7) is 0. The van der Waals surface area contributed by atoms with E-state index in [1.807, 2.05) is 24.3 Å². The highest BCUT2D eigenvalue weighted by molar-refractivity contribution is 9.10. The minimum Gasteiger partial charge on any atom is -0.328 e. The summed E-state index contributed by atoms with van der Waals surface area (Å²) in [6.07, 6.45) is 3.91. The summed E-state index contributed by atoms with van der Waals surface area (Å²) in [6, 6.07) is 7.83. The van der Waals surface area contributed by atoms with Gasteiger partial charge in [0.25, 0.3) is 0 Å². The first kappa shape index (κ1) is 12.8. The first-order chi connectivity index (χ1) is 10.2. The number of nitrogens with zero attached hydrogens (tertiary/aromatic N) is 3. The molecular formula is C15H13BrN4O. The zero-order valence-electron chi connectivity index (χ0n) is 11.2. The fourth-order valence-electron chi connectivity index (χ4n) is 3.08. The molecule has 2 heterocycles. The minimum absolute atomic E-state index is 0.191. The Labute approximate surface area is 130 Å². The second kappa shape index (κ2) is 4.80. The zero-order valence-corrected chi connectivity index (χ0v) is 12.8. The van der Waals surface area contributed by atoms with Crippen molar-refractivity contribution in [3.63, 3.8) is 0 Å². The Kier molecular flexibility index (Phi) is 2.92. The molecule has 21 heavy (non-hydrogen) atoms. The topological polar surface area (TPSA) is 59.8 Å². The van der Waals surface area contributed by atoms with E-state index in [1.54, 1.807) is 4.68 Å². The summed E-state index contributed by atoms with van der Waals surface area (Å²) in [5.74, 6) is 0.906. The van der Waals surface area contributed by atoms with Gasteiger partial charge in [0.15, 0.2) is 5.78 Å². The smallest absolute Gasteiger partial charge is 0.226 e. The molecule has 1 aliphatic carbocycles. The Morgan fingerprint density at radius 1 is 1.33 bits per heavy atom. The fourth-order valence-corrected chi connectivity index (χ4v) is 3.50. The van der Waals surface area contributed by atoms with Crippen molar-refractivity contribution in [3.8, 4) is 0 Å². The van der Waals surface area contributed by atoms with E-state index >= 15 is 0 Å². The SMILES string of the molecule is O=C1CCCC2=C1[C@H](c1cccc(Br)c1)n1ncnc1N2. The summed E-state index contributed by atoms with van der Waals surface area (Å²) in [7, 11) is 0. The van der Waals surface area contributed by atoms with Gasteiger partial charge in [0.05, 0.1) is 0 Å². The van der Waals surface area contributed by atoms with Gasteiger partial charge in [0, 0.05) is 22.2 Å². The monoisotopic (exact) mass is 344 g/mol. The van der Waals surface area contributed by atoms with E-state index in [1.165, 1.54) is 6.33 Å². The standard InChI is InChI=1S/C15H13BrN4O/c16-10-4-1-3-9(7-10)14-13-11(5-2-6-12(13)21)19-15-17-8-18-20(14)15/h1,3-4,7-8,14H,2,5-6H2,(H,17,18,19)/t14-/m0/s1. The lowest BCUT2D eigenvalue weighted by Crippen LogP contribution is -2.31. The lowest BCUT2D eigenvalue weighted by molar-refractivity contribution is -0.116. The number of nitrogens with one attached hydrogen (secondary N) is 1. The summed E-state index contributed by atoms with van der Waals surface area (Å²) < 4.78 is 2.79. The van der Waals surface area contributed by atoms with E-state index in [0.29, 0.717) is 12.4 Å². The van der Waals surface area contributed by atoms with Crippen LogP contribution in [0.25, 0.3) is 0 Å². The zero-order chi connectivity index (χ0) is 14.4. The van der Waals surface area contributed by atoms with Crippen LogP contribution in [0.15, 0.2) is 46.3 Å². The van der Waals surface area contributed by atoms with E-state index in [2.05, 4.69) is 31.3 Å². The van der Waals surface area contributed by atoms with Gasteiger partial charge in [-0.25, -0.2) is 4.68 Å². The fraction of sp³-hybridized carbons (Fsp3) is 0.267. The number of rotatable bonds is 1. The summed E-state index contributed by atoms with van der Waals surface area (Å²) >= 11 is 3.50. The number of hydrogen-bond acceptors (Lipinski definition) is 4. The number of hydrogen-bond donors (Lipinski definition) is 1. The average Bonchev–Trinajstić information content (AvgIpc) is 2.93. The largest absolute Gasteiger partial charge is 0.328 e. The normalized spacial score (nSPS) is 20.8. The van der Waals surface area contributed by atoms with Crippen LogP contribution in [-0.4, -0.2) is 20.5 Å². The third-order valence-electron chi connectivity index (χ3n) is 3.97. The Morgan fingerprint density at radius 3 is 3.10 bits per heavy atom. The number of aromatic nitrogens is 3. The molecule has 2 aliphatic rings. The molecule has 0 amide bonds. The van der Waals surface area contributed by atoms with E-state index in [9.17, 15) is 4.79 Å². The molecule has 1 aliphatic heterocycles. The molecule has 1 aromatic carbocycles. The van der Waals surface area contributed by atoms with Crippen LogP contribution in [0.5, 0.6) is 0 Å². The molecule has 0 bridgehead atoms. The first-order valence-corrected chi connectivity index (χ1v) is 7.71. The number of Topliss-reactive ketones (excluding diaryl/α,β-unsaturated/α-hetero) is 1. The predicted molar refractivity (Wildman–Crippen MR) is 81.8 cm³/mol. The van der Waals surface area contributed by atoms with Crippen LogP contribution in [0.1, 0.15) is 30.9 Å². The summed E-state index contributed by atoms with van der Waals surface area (Å²) in [5, 5.41) is 7.57. The van der Waals surface area contributed by atoms with Crippen molar-refractivity contribution < 1.29 is 4.79 Å². The van der Waals surface area contributed by atoms with Crippen LogP contribution < -0.4 is 5.32 Å². The van der Waals surface area contributed by atoms with E-state index in [-0.39, 0.29) is 11.8 Å². The van der Waals surface area contributed by atoms with Crippen LogP contribution >= 0.6 is 15.9 Å². The van der Waals surface area contributed by atoms with Crippen molar-refractivity contribution in [2.24, 2.45) is 0 Å². The molecule has 0 unspecified atom stereocenters. The maximum absolute atomic E-state index is 12.5. The molecule has 2 aromatic rings. The number of ketones is 1. The maximum Gasteiger partial charge on any atom is 0.226 e. The summed E-state index contributed by atoms with van der Waals surface area (Å²) in [5.41, 5.74) is 2.87. The van der Waals surface area contributed by atoms with Gasteiger partial charge in [0.2, 0.25) is 5.95 Å². The number of halogens is 1. The molecule has 5 nitrogen and oxygen atoms in total. The van der Waals surface area contributed by atoms with Gasteiger partial charge in [-0.05, 0) is 30.5 Å². The third kappa shape index (κ3) is 2.01. The Hall–Kier alpha value is -1.95. The molecule has 0 saturated heterocycles. The maximum atomic E-state index is 12.5. The van der Waals surface area contributed by atoms with E-state index in [0.717, 1.165) is 34.1 Å². The molecule has 0 saturated carbocycles. The van der Waals surface area contributed by atoms with Crippen molar-refractivity contribution >= 4 is 27.7 Å². The lowest BCUT2D eigenvalue weighted by Gasteiger charge is -2.32. The first-order valence-electron chi connectivity index (χ1n) is 6.92. The predicted octanol–water partition coefficient (Wildman–Crippen LogP) is 3.06. The second-order valence-corrected chi connectivity index (χ2v) is 6.20. The number of fused-ring (bicyclic) bond motifs is 1. The molecule has 0 fully saturated rings. The average molecular weight is 345 g/mol. The van der Waals surface area contributed by atoms with Gasteiger partial charge >= 0.3 is 0 Å². The van der Waals surface area contributed by atoms with Crippen molar-refractivity contribution in [1.82, 2.24) is 14.8 Å². The van der Waals surface area contributed by atoms with Gasteiger partial charge in [-0.2, -0.15) is 10.1 Å². The van der Waals surface area contributed by atoms with Crippen molar-refractivity contribution in [2.45, 2.75) is 25.3 Å². The van der Waals surface area contributed by atoms with Crippen molar-refractivity contribution in [2.75, 3.05) is 5.32 Å². The number of anilines is 1. The lowest BCUT2D eigenvalue weighted by atomic mass is 9.85. The second-order valence-electron chi connectivity index (χ2n) is 5.28. The van der Waals surface area contributed by atoms with Gasteiger partial charge in [-0.1, -0.05) is 28.1 Å². The van der Waals surface area contributed by atoms with Crippen LogP contribution in [0.3, 0.4) is 0 Å². The highest BCUT2D eigenvalue weighted by Crippen LogP contribution is 2.39. The molecule has 1 atom stereocenters. The minimum atomic E-state index is -0.191. The highest BCUT2D eigenvalue weighted by atomic mass is 79.9. The van der Waals surface area contributed by atoms with Crippen LogP contribution in [0.4, 0.5) is 5.95 Å². The van der Waals surface area contributed by atoms with Crippen molar-refractivity contribution in [1.29, 1.82) is 0 Å². The van der Waals surface area contributed by atoms with Crippen LogP contribution in [0.2, 0.25) is 0 Å². The molecule has 1 N–H and O–H groups in total. The number of carbonyl (C=O) groups excluding carboxylic acids is 1. The van der Waals surface area contributed by atoms with Gasteiger partial charge < -0.3 is 5.32 Å². The molecule has 1 aromatic heterocycles. The van der Waals surface area contributed by atoms with Crippen LogP contribution in [-0.2, 0) is 4.79 Å². The summed E-state index contributed by atoms with van der Waals surface area (Å²) in [4.78, 5) is 16.7. The molecule has 0 spiro atoms. The highest BCUT2D eigenvalue weighted by Gasteiger charge is 2.35. The quantitative estimate of drug-likeness (QED) is 0.863. The molecule has 106 valence electrons.